The first-order valence-electron chi connectivity index (χ1n) is 9.76. The Morgan fingerprint density at radius 1 is 1.17 bits per heavy atom. The van der Waals surface area contributed by atoms with E-state index in [2.05, 4.69) is 10.2 Å². The van der Waals surface area contributed by atoms with Crippen LogP contribution < -0.4 is 14.8 Å². The van der Waals surface area contributed by atoms with E-state index < -0.39 is 0 Å². The second-order valence-corrected chi connectivity index (χ2v) is 7.47. The highest BCUT2D eigenvalue weighted by Gasteiger charge is 2.25. The fourth-order valence-corrected chi connectivity index (χ4v) is 3.64. The minimum Gasteiger partial charge on any atom is -0.497 e. The van der Waals surface area contributed by atoms with Gasteiger partial charge >= 0.3 is 0 Å². The van der Waals surface area contributed by atoms with E-state index in [0.29, 0.717) is 30.3 Å². The lowest BCUT2D eigenvalue weighted by Crippen LogP contribution is -2.41. The second-order valence-electron chi connectivity index (χ2n) is 7.07. The minimum atomic E-state index is -0.283. The first-order chi connectivity index (χ1) is 14.1. The topological polar surface area (TPSA) is 50.8 Å². The molecule has 1 amide bonds. The van der Waals surface area contributed by atoms with Crippen LogP contribution in [0.5, 0.6) is 11.5 Å². The van der Waals surface area contributed by atoms with Crippen LogP contribution in [-0.2, 0) is 11.3 Å². The van der Waals surface area contributed by atoms with Gasteiger partial charge in [-0.1, -0.05) is 17.7 Å². The molecular weight excluding hydrogens is 395 g/mol. The number of likely N-dealkylation sites (tertiary alicyclic amines) is 1. The Bertz CT molecular complexity index is 788. The molecule has 7 heteroatoms. The Morgan fingerprint density at radius 2 is 1.86 bits per heavy atom. The van der Waals surface area contributed by atoms with Gasteiger partial charge in [-0.3, -0.25) is 9.69 Å². The molecule has 1 N–H and O–H groups in total. The van der Waals surface area contributed by atoms with Crippen molar-refractivity contribution < 1.29 is 18.7 Å². The van der Waals surface area contributed by atoms with Crippen LogP contribution in [-0.4, -0.2) is 44.2 Å². The van der Waals surface area contributed by atoms with Gasteiger partial charge in [-0.05, 0) is 62.3 Å². The number of halogens is 2. The number of methoxy groups -OCH3 is 1. The Hall–Kier alpha value is -2.31. The molecule has 0 bridgehead atoms. The number of carbonyl (C=O) groups is 1. The Labute approximate surface area is 175 Å². The standard InChI is InChI=1S/C22H26ClFN2O3/c1-28-17-5-7-18(8-6-17)29-14-11-25-22(27)16-9-12-26(13-10-16)15-19-20(23)3-2-4-21(19)24/h2-8,16H,9-15H2,1H3,(H,25,27). The number of nitrogens with one attached hydrogen (secondary N) is 1. The Balaban J connectivity index is 1.36. The molecule has 0 saturated carbocycles. The highest BCUT2D eigenvalue weighted by Crippen LogP contribution is 2.24. The summed E-state index contributed by atoms with van der Waals surface area (Å²) in [5.74, 6) is 1.25. The fourth-order valence-electron chi connectivity index (χ4n) is 3.42. The van der Waals surface area contributed by atoms with Crippen molar-refractivity contribution in [3.8, 4) is 11.5 Å². The zero-order valence-electron chi connectivity index (χ0n) is 16.5. The predicted molar refractivity (Wildman–Crippen MR) is 111 cm³/mol. The van der Waals surface area contributed by atoms with Crippen molar-refractivity contribution in [1.82, 2.24) is 10.2 Å². The normalized spacial score (nSPS) is 15.1. The molecule has 0 spiro atoms. The molecule has 29 heavy (non-hydrogen) atoms. The summed E-state index contributed by atoms with van der Waals surface area (Å²) in [4.78, 5) is 14.5. The van der Waals surface area contributed by atoms with Gasteiger partial charge in [-0.15, -0.1) is 0 Å². The van der Waals surface area contributed by atoms with Gasteiger partial charge in [-0.2, -0.15) is 0 Å². The van der Waals surface area contributed by atoms with Gasteiger partial charge in [0, 0.05) is 23.0 Å². The summed E-state index contributed by atoms with van der Waals surface area (Å²) in [6.45, 7) is 2.81. The van der Waals surface area contributed by atoms with Crippen molar-refractivity contribution >= 4 is 17.5 Å². The van der Waals surface area contributed by atoms with Gasteiger partial charge in [0.05, 0.1) is 13.7 Å². The third kappa shape index (κ3) is 6.08. The molecule has 1 aliphatic rings. The number of hydrogen-bond acceptors (Lipinski definition) is 4. The van der Waals surface area contributed by atoms with Crippen LogP contribution in [0.2, 0.25) is 5.02 Å². The molecule has 5 nitrogen and oxygen atoms in total. The second kappa shape index (κ2) is 10.5. The quantitative estimate of drug-likeness (QED) is 0.658. The smallest absolute Gasteiger partial charge is 0.223 e. The first kappa shape index (κ1) is 21.4. The molecule has 0 radical (unpaired) electrons. The number of ether oxygens (including phenoxy) is 2. The van der Waals surface area contributed by atoms with Crippen LogP contribution in [0, 0.1) is 11.7 Å². The lowest BCUT2D eigenvalue weighted by molar-refractivity contribution is -0.126. The van der Waals surface area contributed by atoms with E-state index in [1.54, 1.807) is 19.2 Å². The van der Waals surface area contributed by atoms with E-state index in [9.17, 15) is 9.18 Å². The van der Waals surface area contributed by atoms with E-state index in [1.165, 1.54) is 6.07 Å². The van der Waals surface area contributed by atoms with E-state index in [4.69, 9.17) is 21.1 Å². The molecular formula is C22H26ClFN2O3. The van der Waals surface area contributed by atoms with Gasteiger partial charge in [-0.25, -0.2) is 4.39 Å². The molecule has 1 heterocycles. The molecule has 156 valence electrons. The zero-order valence-corrected chi connectivity index (χ0v) is 17.3. The van der Waals surface area contributed by atoms with Crippen LogP contribution in [0.3, 0.4) is 0 Å². The van der Waals surface area contributed by atoms with Crippen molar-refractivity contribution in [2.75, 3.05) is 33.4 Å². The number of hydrogen-bond donors (Lipinski definition) is 1. The van der Waals surface area contributed by atoms with Crippen molar-refractivity contribution in [3.05, 3.63) is 58.9 Å². The van der Waals surface area contributed by atoms with Crippen molar-refractivity contribution in [2.45, 2.75) is 19.4 Å². The molecule has 1 fully saturated rings. The largest absolute Gasteiger partial charge is 0.497 e. The van der Waals surface area contributed by atoms with Gasteiger partial charge in [0.1, 0.15) is 23.9 Å². The van der Waals surface area contributed by atoms with E-state index in [-0.39, 0.29) is 17.6 Å². The molecule has 2 aromatic rings. The third-order valence-corrected chi connectivity index (χ3v) is 5.49. The molecule has 0 atom stereocenters. The monoisotopic (exact) mass is 420 g/mol. The van der Waals surface area contributed by atoms with Crippen molar-refractivity contribution in [3.63, 3.8) is 0 Å². The van der Waals surface area contributed by atoms with Gasteiger partial charge in [0.25, 0.3) is 0 Å². The lowest BCUT2D eigenvalue weighted by Gasteiger charge is -2.31. The van der Waals surface area contributed by atoms with Crippen LogP contribution in [0.25, 0.3) is 0 Å². The molecule has 3 rings (SSSR count). The maximum absolute atomic E-state index is 14.0. The van der Waals surface area contributed by atoms with Crippen LogP contribution in [0.1, 0.15) is 18.4 Å². The average Bonchev–Trinajstić information content (AvgIpc) is 2.74. The van der Waals surface area contributed by atoms with E-state index >= 15 is 0 Å². The Kier molecular flexibility index (Phi) is 7.72. The number of nitrogens with zero attached hydrogens (tertiary/aromatic N) is 1. The summed E-state index contributed by atoms with van der Waals surface area (Å²) in [5, 5.41) is 3.39. The minimum absolute atomic E-state index is 0.0247. The fraction of sp³-hybridized carbons (Fsp3) is 0.409. The number of carbonyl (C=O) groups excluding carboxylic acids is 1. The van der Waals surface area contributed by atoms with E-state index in [0.717, 1.165) is 37.4 Å². The van der Waals surface area contributed by atoms with Crippen LogP contribution >= 0.6 is 11.6 Å². The van der Waals surface area contributed by atoms with Crippen molar-refractivity contribution in [2.24, 2.45) is 5.92 Å². The summed E-state index contributed by atoms with van der Waals surface area (Å²) in [6, 6.07) is 12.1. The highest BCUT2D eigenvalue weighted by molar-refractivity contribution is 6.31. The average molecular weight is 421 g/mol. The first-order valence-corrected chi connectivity index (χ1v) is 10.1. The van der Waals surface area contributed by atoms with Crippen molar-refractivity contribution in [1.29, 1.82) is 0 Å². The number of benzene rings is 2. The maximum Gasteiger partial charge on any atom is 0.223 e. The highest BCUT2D eigenvalue weighted by atomic mass is 35.5. The molecule has 0 aromatic heterocycles. The predicted octanol–water partition coefficient (Wildman–Crippen LogP) is 3.89. The maximum atomic E-state index is 14.0. The molecule has 0 unspecified atom stereocenters. The summed E-state index contributed by atoms with van der Waals surface area (Å²) in [6.07, 6.45) is 1.49. The molecule has 2 aromatic carbocycles. The van der Waals surface area contributed by atoms with Gasteiger partial charge < -0.3 is 14.8 Å². The number of piperidine rings is 1. The third-order valence-electron chi connectivity index (χ3n) is 5.13. The lowest BCUT2D eigenvalue weighted by atomic mass is 9.95. The zero-order chi connectivity index (χ0) is 20.6. The summed E-state index contributed by atoms with van der Waals surface area (Å²) < 4.78 is 24.7. The van der Waals surface area contributed by atoms with Gasteiger partial charge in [0.2, 0.25) is 5.91 Å². The van der Waals surface area contributed by atoms with Crippen LogP contribution in [0.4, 0.5) is 4.39 Å². The molecule has 1 saturated heterocycles. The number of rotatable bonds is 8. The van der Waals surface area contributed by atoms with Crippen LogP contribution in [0.15, 0.2) is 42.5 Å². The van der Waals surface area contributed by atoms with Gasteiger partial charge in [0.15, 0.2) is 0 Å². The molecule has 0 aliphatic carbocycles. The SMILES string of the molecule is COc1ccc(OCCNC(=O)C2CCN(Cc3c(F)cccc3Cl)CC2)cc1. The number of amides is 1. The molecule has 1 aliphatic heterocycles. The summed E-state index contributed by atoms with van der Waals surface area (Å²) >= 11 is 6.11. The Morgan fingerprint density at radius 3 is 2.52 bits per heavy atom. The summed E-state index contributed by atoms with van der Waals surface area (Å²) in [5.41, 5.74) is 0.521. The van der Waals surface area contributed by atoms with E-state index in [1.807, 2.05) is 24.3 Å². The summed E-state index contributed by atoms with van der Waals surface area (Å²) in [7, 11) is 1.62.